The molecular weight excluding hydrogens is 209 g/mol. The lowest BCUT2D eigenvalue weighted by Gasteiger charge is -2.06. The van der Waals surface area contributed by atoms with Crippen molar-refractivity contribution in [2.75, 3.05) is 5.73 Å². The van der Waals surface area contributed by atoms with E-state index in [1.54, 1.807) is 6.92 Å². The summed E-state index contributed by atoms with van der Waals surface area (Å²) in [4.78, 5) is 7.81. The van der Waals surface area contributed by atoms with Crippen LogP contribution < -0.4 is 5.73 Å². The van der Waals surface area contributed by atoms with Crippen molar-refractivity contribution in [1.82, 2.24) is 9.97 Å². The Kier molecular flexibility index (Phi) is 2.44. The molecule has 82 valence electrons. The van der Waals surface area contributed by atoms with Crippen molar-refractivity contribution in [2.24, 2.45) is 0 Å². The molecule has 0 atom stereocenters. The van der Waals surface area contributed by atoms with E-state index in [1.165, 1.54) is 18.5 Å². The fourth-order valence-electron chi connectivity index (χ4n) is 1.38. The van der Waals surface area contributed by atoms with Gasteiger partial charge in [0.05, 0.1) is 18.1 Å². The molecule has 0 spiro atoms. The lowest BCUT2D eigenvalue weighted by atomic mass is 10.1. The van der Waals surface area contributed by atoms with E-state index in [0.29, 0.717) is 11.3 Å². The third-order valence-electron chi connectivity index (χ3n) is 2.21. The topological polar surface area (TPSA) is 72.0 Å². The molecule has 2 rings (SSSR count). The number of phenolic OH excluding ortho intramolecular Hbond substituents is 1. The van der Waals surface area contributed by atoms with E-state index in [4.69, 9.17) is 5.73 Å². The van der Waals surface area contributed by atoms with Crippen LogP contribution >= 0.6 is 0 Å². The van der Waals surface area contributed by atoms with Crippen molar-refractivity contribution in [1.29, 1.82) is 0 Å². The van der Waals surface area contributed by atoms with Crippen LogP contribution in [0.1, 0.15) is 5.56 Å². The number of hydrogen-bond acceptors (Lipinski definition) is 4. The van der Waals surface area contributed by atoms with E-state index in [2.05, 4.69) is 9.97 Å². The first-order valence-corrected chi connectivity index (χ1v) is 4.65. The molecule has 0 unspecified atom stereocenters. The predicted octanol–water partition coefficient (Wildman–Crippen LogP) is 1.88. The number of rotatable bonds is 1. The Hall–Kier alpha value is -2.17. The molecule has 0 fully saturated rings. The summed E-state index contributed by atoms with van der Waals surface area (Å²) < 4.78 is 13.6. The van der Waals surface area contributed by atoms with Gasteiger partial charge in [-0.05, 0) is 18.6 Å². The smallest absolute Gasteiger partial charge is 0.142 e. The van der Waals surface area contributed by atoms with Crippen LogP contribution in [0.2, 0.25) is 0 Å². The summed E-state index contributed by atoms with van der Waals surface area (Å²) in [5.41, 5.74) is 6.66. The van der Waals surface area contributed by atoms with Gasteiger partial charge < -0.3 is 10.8 Å². The number of halogens is 1. The normalized spacial score (nSPS) is 10.4. The number of nitrogen functional groups attached to an aromatic ring is 1. The van der Waals surface area contributed by atoms with Crippen LogP contribution in [0.3, 0.4) is 0 Å². The molecule has 1 heterocycles. The zero-order valence-corrected chi connectivity index (χ0v) is 8.61. The van der Waals surface area contributed by atoms with E-state index in [9.17, 15) is 9.50 Å². The molecule has 1 aromatic carbocycles. The van der Waals surface area contributed by atoms with Crippen molar-refractivity contribution in [2.45, 2.75) is 6.92 Å². The number of aromatic hydroxyl groups is 1. The summed E-state index contributed by atoms with van der Waals surface area (Å²) in [5.74, 6) is -0.413. The number of phenols is 1. The van der Waals surface area contributed by atoms with Gasteiger partial charge in [-0.2, -0.15) is 0 Å². The summed E-state index contributed by atoms with van der Waals surface area (Å²) in [7, 11) is 0. The van der Waals surface area contributed by atoms with Crippen LogP contribution in [0.4, 0.5) is 10.2 Å². The molecule has 2 aromatic rings. The van der Waals surface area contributed by atoms with Crippen molar-refractivity contribution in [3.8, 4) is 17.0 Å². The van der Waals surface area contributed by atoms with E-state index >= 15 is 0 Å². The summed E-state index contributed by atoms with van der Waals surface area (Å²) in [5, 5.41) is 9.33. The van der Waals surface area contributed by atoms with Crippen molar-refractivity contribution < 1.29 is 9.50 Å². The minimum atomic E-state index is -0.553. The van der Waals surface area contributed by atoms with E-state index in [1.807, 2.05) is 0 Å². The SMILES string of the molecule is Cc1cc(-c2cncc(N)n2)c(F)cc1O. The Bertz CT molecular complexity index is 543. The van der Waals surface area contributed by atoms with Gasteiger partial charge in [-0.25, -0.2) is 9.37 Å². The average molecular weight is 219 g/mol. The van der Waals surface area contributed by atoms with Crippen LogP contribution in [0.25, 0.3) is 11.3 Å². The van der Waals surface area contributed by atoms with Crippen LogP contribution in [0.15, 0.2) is 24.5 Å². The van der Waals surface area contributed by atoms with E-state index in [0.717, 1.165) is 6.07 Å². The quantitative estimate of drug-likeness (QED) is 0.768. The number of anilines is 1. The fraction of sp³-hybridized carbons (Fsp3) is 0.0909. The standard InChI is InChI=1S/C11H10FN3O/c1-6-2-7(8(12)3-10(6)16)9-4-14-5-11(13)15-9/h2-5,16H,1H3,(H2,13,15). The molecule has 4 nitrogen and oxygen atoms in total. The number of aromatic nitrogens is 2. The number of aryl methyl sites for hydroxylation is 1. The molecule has 0 saturated heterocycles. The molecule has 0 aliphatic heterocycles. The second-order valence-corrected chi connectivity index (χ2v) is 3.45. The zero-order valence-electron chi connectivity index (χ0n) is 8.61. The second-order valence-electron chi connectivity index (χ2n) is 3.45. The molecule has 5 heteroatoms. The molecule has 0 aliphatic rings. The number of benzene rings is 1. The summed E-state index contributed by atoms with van der Waals surface area (Å²) in [6.07, 6.45) is 2.81. The molecule has 0 aliphatic carbocycles. The second kappa shape index (κ2) is 3.77. The summed E-state index contributed by atoms with van der Waals surface area (Å²) >= 11 is 0. The van der Waals surface area contributed by atoms with Crippen molar-refractivity contribution >= 4 is 5.82 Å². The Labute approximate surface area is 91.6 Å². The third kappa shape index (κ3) is 1.79. The highest BCUT2D eigenvalue weighted by Crippen LogP contribution is 2.27. The monoisotopic (exact) mass is 219 g/mol. The highest BCUT2D eigenvalue weighted by Gasteiger charge is 2.10. The lowest BCUT2D eigenvalue weighted by molar-refractivity contribution is 0.465. The summed E-state index contributed by atoms with van der Waals surface area (Å²) in [6, 6.07) is 2.56. The highest BCUT2D eigenvalue weighted by atomic mass is 19.1. The van der Waals surface area contributed by atoms with E-state index < -0.39 is 5.82 Å². The lowest BCUT2D eigenvalue weighted by Crippen LogP contribution is -1.95. The van der Waals surface area contributed by atoms with Gasteiger partial charge in [0.15, 0.2) is 0 Å². The highest BCUT2D eigenvalue weighted by molar-refractivity contribution is 5.63. The summed E-state index contributed by atoms with van der Waals surface area (Å²) in [6.45, 7) is 1.68. The zero-order chi connectivity index (χ0) is 11.7. The minimum absolute atomic E-state index is 0.0851. The molecule has 0 radical (unpaired) electrons. The van der Waals surface area contributed by atoms with Crippen LogP contribution in [0.5, 0.6) is 5.75 Å². The first kappa shape index (κ1) is 10.4. The van der Waals surface area contributed by atoms with Crippen molar-refractivity contribution in [3.05, 3.63) is 35.9 Å². The van der Waals surface area contributed by atoms with Gasteiger partial charge in [-0.3, -0.25) is 4.98 Å². The molecule has 16 heavy (non-hydrogen) atoms. The molecule has 0 amide bonds. The van der Waals surface area contributed by atoms with Gasteiger partial charge >= 0.3 is 0 Å². The maximum Gasteiger partial charge on any atom is 0.142 e. The molecule has 1 aromatic heterocycles. The van der Waals surface area contributed by atoms with Crippen LogP contribution in [-0.2, 0) is 0 Å². The molecule has 0 saturated carbocycles. The number of nitrogens with two attached hydrogens (primary N) is 1. The van der Waals surface area contributed by atoms with Gasteiger partial charge in [-0.1, -0.05) is 0 Å². The Balaban J connectivity index is 2.60. The Morgan fingerprint density at radius 1 is 1.31 bits per heavy atom. The predicted molar refractivity (Wildman–Crippen MR) is 58.2 cm³/mol. The third-order valence-corrected chi connectivity index (χ3v) is 2.21. The minimum Gasteiger partial charge on any atom is -0.508 e. The maximum absolute atomic E-state index is 13.6. The van der Waals surface area contributed by atoms with Gasteiger partial charge in [0, 0.05) is 11.6 Å². The number of nitrogens with zero attached hydrogens (tertiary/aromatic N) is 2. The molecular formula is C11H10FN3O. The Morgan fingerprint density at radius 2 is 2.06 bits per heavy atom. The van der Waals surface area contributed by atoms with Gasteiger partial charge in [0.25, 0.3) is 0 Å². The van der Waals surface area contributed by atoms with Crippen molar-refractivity contribution in [3.63, 3.8) is 0 Å². The van der Waals surface area contributed by atoms with Crippen LogP contribution in [-0.4, -0.2) is 15.1 Å². The Morgan fingerprint density at radius 3 is 2.75 bits per heavy atom. The van der Waals surface area contributed by atoms with E-state index in [-0.39, 0.29) is 17.1 Å². The fourth-order valence-corrected chi connectivity index (χ4v) is 1.38. The largest absolute Gasteiger partial charge is 0.508 e. The van der Waals surface area contributed by atoms with Gasteiger partial charge in [-0.15, -0.1) is 0 Å². The first-order chi connectivity index (χ1) is 7.58. The van der Waals surface area contributed by atoms with Crippen LogP contribution in [0, 0.1) is 12.7 Å². The molecule has 0 bridgehead atoms. The molecule has 3 N–H and O–H groups in total. The first-order valence-electron chi connectivity index (χ1n) is 4.65. The van der Waals surface area contributed by atoms with Gasteiger partial charge in [0.1, 0.15) is 17.4 Å². The maximum atomic E-state index is 13.6. The number of hydrogen-bond donors (Lipinski definition) is 2. The average Bonchev–Trinajstić information content (AvgIpc) is 2.23. The van der Waals surface area contributed by atoms with Gasteiger partial charge in [0.2, 0.25) is 0 Å².